The second kappa shape index (κ2) is 13.1. The van der Waals surface area contributed by atoms with E-state index in [0.29, 0.717) is 0 Å². The zero-order valence-corrected chi connectivity index (χ0v) is 23.7. The van der Waals surface area contributed by atoms with Crippen molar-refractivity contribution in [1.29, 1.82) is 0 Å². The van der Waals surface area contributed by atoms with Gasteiger partial charge in [-0.15, -0.1) is 0 Å². The Balaban J connectivity index is 1.65. The summed E-state index contributed by atoms with van der Waals surface area (Å²) in [5, 5.41) is 3.09. The van der Waals surface area contributed by atoms with Crippen LogP contribution in [-0.4, -0.2) is 43.8 Å². The Morgan fingerprint density at radius 3 is 2.17 bits per heavy atom. The average molecular weight is 566 g/mol. The first-order valence-corrected chi connectivity index (χ1v) is 15.1. The first kappa shape index (κ1) is 29.3. The molecule has 7 nitrogen and oxygen atoms in total. The Hall–Kier alpha value is -3.72. The van der Waals surface area contributed by atoms with Gasteiger partial charge in [0.2, 0.25) is 11.8 Å². The molecular formula is C31H36FN3O4S. The van der Waals surface area contributed by atoms with E-state index in [1.807, 2.05) is 31.2 Å². The van der Waals surface area contributed by atoms with Crippen LogP contribution in [0.3, 0.4) is 0 Å². The summed E-state index contributed by atoms with van der Waals surface area (Å²) in [5.74, 6) is -1.34. The van der Waals surface area contributed by atoms with Crippen LogP contribution in [0.4, 0.5) is 10.1 Å². The van der Waals surface area contributed by atoms with Gasteiger partial charge in [-0.2, -0.15) is 0 Å². The number of hydrogen-bond donors (Lipinski definition) is 1. The Labute approximate surface area is 236 Å². The summed E-state index contributed by atoms with van der Waals surface area (Å²) in [6.45, 7) is 3.19. The van der Waals surface area contributed by atoms with E-state index in [0.717, 1.165) is 59.7 Å². The molecule has 1 aliphatic rings. The number of aryl methyl sites for hydroxylation is 1. The second-order valence-corrected chi connectivity index (χ2v) is 12.2. The van der Waals surface area contributed by atoms with Crippen molar-refractivity contribution in [2.45, 2.75) is 69.5 Å². The monoisotopic (exact) mass is 565 g/mol. The lowest BCUT2D eigenvalue weighted by Crippen LogP contribution is -2.53. The van der Waals surface area contributed by atoms with Gasteiger partial charge < -0.3 is 10.2 Å². The molecule has 1 saturated carbocycles. The quantitative estimate of drug-likeness (QED) is 0.366. The Morgan fingerprint density at radius 1 is 0.925 bits per heavy atom. The van der Waals surface area contributed by atoms with Gasteiger partial charge in [0.05, 0.1) is 10.6 Å². The van der Waals surface area contributed by atoms with E-state index in [4.69, 9.17) is 0 Å². The number of anilines is 1. The molecule has 1 aliphatic carbocycles. The third kappa shape index (κ3) is 7.27. The minimum atomic E-state index is -4.18. The topological polar surface area (TPSA) is 86.8 Å². The molecule has 212 valence electrons. The number of nitrogens with zero attached hydrogens (tertiary/aromatic N) is 2. The van der Waals surface area contributed by atoms with E-state index in [-0.39, 0.29) is 29.1 Å². The highest BCUT2D eigenvalue weighted by atomic mass is 32.2. The van der Waals surface area contributed by atoms with Crippen LogP contribution in [-0.2, 0) is 26.2 Å². The largest absolute Gasteiger partial charge is 0.352 e. The van der Waals surface area contributed by atoms with Crippen molar-refractivity contribution in [3.8, 4) is 0 Å². The molecule has 0 bridgehead atoms. The van der Waals surface area contributed by atoms with Crippen LogP contribution in [0.2, 0.25) is 0 Å². The maximum atomic E-state index is 13.9. The zero-order chi connectivity index (χ0) is 28.7. The third-order valence-electron chi connectivity index (χ3n) is 7.32. The van der Waals surface area contributed by atoms with E-state index in [1.165, 1.54) is 29.2 Å². The van der Waals surface area contributed by atoms with E-state index in [2.05, 4.69) is 5.32 Å². The molecule has 1 atom stereocenters. The van der Waals surface area contributed by atoms with Crippen molar-refractivity contribution >= 4 is 27.5 Å². The molecule has 0 spiro atoms. The van der Waals surface area contributed by atoms with Gasteiger partial charge in [-0.3, -0.25) is 13.9 Å². The number of carbonyl (C=O) groups excluding carboxylic acids is 2. The maximum absolute atomic E-state index is 13.9. The van der Waals surface area contributed by atoms with Crippen LogP contribution >= 0.6 is 0 Å². The fourth-order valence-electron chi connectivity index (χ4n) is 4.90. The summed E-state index contributed by atoms with van der Waals surface area (Å²) < 4.78 is 42.1. The number of carbonyl (C=O) groups is 2. The van der Waals surface area contributed by atoms with Crippen molar-refractivity contribution in [2.75, 3.05) is 10.8 Å². The van der Waals surface area contributed by atoms with Crippen molar-refractivity contribution in [2.24, 2.45) is 0 Å². The molecule has 0 saturated heterocycles. The fraction of sp³-hybridized carbons (Fsp3) is 0.355. The number of sulfonamides is 1. The summed E-state index contributed by atoms with van der Waals surface area (Å²) in [6, 6.07) is 19.6. The van der Waals surface area contributed by atoms with Crippen LogP contribution in [0.1, 0.15) is 50.2 Å². The van der Waals surface area contributed by atoms with E-state index in [9.17, 15) is 22.4 Å². The molecule has 40 heavy (non-hydrogen) atoms. The van der Waals surface area contributed by atoms with Crippen molar-refractivity contribution in [1.82, 2.24) is 10.2 Å². The van der Waals surface area contributed by atoms with E-state index < -0.39 is 34.3 Å². The lowest BCUT2D eigenvalue weighted by atomic mass is 9.95. The fourth-order valence-corrected chi connectivity index (χ4v) is 6.33. The van der Waals surface area contributed by atoms with Gasteiger partial charge in [0.1, 0.15) is 18.4 Å². The predicted molar refractivity (Wildman–Crippen MR) is 154 cm³/mol. The van der Waals surface area contributed by atoms with Gasteiger partial charge in [-0.05, 0) is 68.7 Å². The predicted octanol–water partition coefficient (Wildman–Crippen LogP) is 5.20. The summed E-state index contributed by atoms with van der Waals surface area (Å²) in [5.41, 5.74) is 2.02. The van der Waals surface area contributed by atoms with Crippen LogP contribution in [0.15, 0.2) is 83.8 Å². The third-order valence-corrected chi connectivity index (χ3v) is 9.11. The van der Waals surface area contributed by atoms with E-state index >= 15 is 0 Å². The summed E-state index contributed by atoms with van der Waals surface area (Å²) in [4.78, 5) is 28.7. The van der Waals surface area contributed by atoms with Gasteiger partial charge >= 0.3 is 0 Å². The standard InChI is InChI=1S/C31H36FN3O4S/c1-23-13-15-25(16-14-23)21-34(24(2)31(37)33-27-9-5-3-6-10-27)30(36)22-35(28-19-17-26(32)18-20-28)40(38,39)29-11-7-4-8-12-29/h4,7-8,11-20,24,27H,3,5-6,9-10,21-22H2,1-2H3,(H,33,37)/t24-/m0/s1. The summed E-state index contributed by atoms with van der Waals surface area (Å²) >= 11 is 0. The smallest absolute Gasteiger partial charge is 0.264 e. The second-order valence-electron chi connectivity index (χ2n) is 10.3. The minimum Gasteiger partial charge on any atom is -0.352 e. The molecule has 2 amide bonds. The first-order valence-electron chi connectivity index (χ1n) is 13.6. The molecule has 0 heterocycles. The molecule has 1 fully saturated rings. The molecule has 3 aromatic carbocycles. The highest BCUT2D eigenvalue weighted by Crippen LogP contribution is 2.25. The number of rotatable bonds is 10. The lowest BCUT2D eigenvalue weighted by Gasteiger charge is -2.33. The molecule has 3 aromatic rings. The highest BCUT2D eigenvalue weighted by Gasteiger charge is 2.33. The number of halogens is 1. The molecule has 0 unspecified atom stereocenters. The molecule has 0 aliphatic heterocycles. The normalized spacial score (nSPS) is 14.8. The first-order chi connectivity index (χ1) is 19.1. The van der Waals surface area contributed by atoms with Gasteiger partial charge in [-0.25, -0.2) is 12.8 Å². The van der Waals surface area contributed by atoms with Crippen LogP contribution < -0.4 is 9.62 Å². The maximum Gasteiger partial charge on any atom is 0.264 e. The number of hydrogen-bond acceptors (Lipinski definition) is 4. The van der Waals surface area contributed by atoms with Gasteiger partial charge in [0.25, 0.3) is 10.0 Å². The SMILES string of the molecule is Cc1ccc(CN(C(=O)CN(c2ccc(F)cc2)S(=O)(=O)c2ccccc2)[C@@H](C)C(=O)NC2CCCCC2)cc1. The number of amides is 2. The van der Waals surface area contributed by atoms with Crippen LogP contribution in [0, 0.1) is 12.7 Å². The molecule has 0 radical (unpaired) electrons. The zero-order valence-electron chi connectivity index (χ0n) is 22.9. The molecule has 9 heteroatoms. The summed E-state index contributed by atoms with van der Waals surface area (Å²) in [7, 11) is -4.18. The van der Waals surface area contributed by atoms with Crippen LogP contribution in [0.25, 0.3) is 0 Å². The highest BCUT2D eigenvalue weighted by molar-refractivity contribution is 7.92. The lowest BCUT2D eigenvalue weighted by molar-refractivity contribution is -0.139. The van der Waals surface area contributed by atoms with Gasteiger partial charge in [-0.1, -0.05) is 67.3 Å². The van der Waals surface area contributed by atoms with Crippen molar-refractivity contribution in [3.05, 3.63) is 95.8 Å². The van der Waals surface area contributed by atoms with Crippen LogP contribution in [0.5, 0.6) is 0 Å². The molecule has 1 N–H and O–H groups in total. The number of nitrogens with one attached hydrogen (secondary N) is 1. The Kier molecular flexibility index (Phi) is 9.58. The average Bonchev–Trinajstić information content (AvgIpc) is 2.96. The number of benzene rings is 3. The molecule has 4 rings (SSSR count). The summed E-state index contributed by atoms with van der Waals surface area (Å²) in [6.07, 6.45) is 5.05. The Bertz CT molecular complexity index is 1390. The van der Waals surface area contributed by atoms with Crippen molar-refractivity contribution < 1.29 is 22.4 Å². The van der Waals surface area contributed by atoms with Gasteiger partial charge in [0.15, 0.2) is 0 Å². The van der Waals surface area contributed by atoms with E-state index in [1.54, 1.807) is 25.1 Å². The minimum absolute atomic E-state index is 0.000277. The molecule has 0 aromatic heterocycles. The Morgan fingerprint density at radius 2 is 1.55 bits per heavy atom. The van der Waals surface area contributed by atoms with Gasteiger partial charge in [0, 0.05) is 12.6 Å². The van der Waals surface area contributed by atoms with Crippen molar-refractivity contribution in [3.63, 3.8) is 0 Å². The molecular weight excluding hydrogens is 529 g/mol.